The summed E-state index contributed by atoms with van der Waals surface area (Å²) in [5.41, 5.74) is 11.4. The van der Waals surface area contributed by atoms with Gasteiger partial charge in [0.25, 0.3) is 5.91 Å². The van der Waals surface area contributed by atoms with E-state index in [0.29, 0.717) is 24.1 Å². The van der Waals surface area contributed by atoms with Gasteiger partial charge in [-0.15, -0.1) is 0 Å². The molecule has 1 amide bonds. The van der Waals surface area contributed by atoms with Gasteiger partial charge in [0.15, 0.2) is 6.61 Å². The van der Waals surface area contributed by atoms with Crippen molar-refractivity contribution >= 4 is 22.9 Å². The number of nitrogens with zero attached hydrogens (tertiary/aromatic N) is 1. The first-order valence-corrected chi connectivity index (χ1v) is 5.91. The molecule has 0 atom stereocenters. The van der Waals surface area contributed by atoms with Crippen LogP contribution in [0.15, 0.2) is 23.0 Å². The van der Waals surface area contributed by atoms with Crippen molar-refractivity contribution in [2.45, 2.75) is 6.54 Å². The molecule has 0 saturated carbocycles. The number of nitrogens with two attached hydrogens (primary N) is 2. The zero-order valence-corrected chi connectivity index (χ0v) is 10.6. The van der Waals surface area contributed by atoms with Crippen molar-refractivity contribution < 1.29 is 14.3 Å². The van der Waals surface area contributed by atoms with E-state index in [0.717, 1.165) is 0 Å². The van der Waals surface area contributed by atoms with Gasteiger partial charge < -0.3 is 21.2 Å². The Morgan fingerprint density at radius 2 is 2.10 bits per heavy atom. The van der Waals surface area contributed by atoms with Crippen molar-refractivity contribution in [2.24, 2.45) is 11.5 Å². The van der Waals surface area contributed by atoms with Gasteiger partial charge in [-0.3, -0.25) is 9.36 Å². The first kappa shape index (κ1) is 13.8. The van der Waals surface area contributed by atoms with Crippen LogP contribution in [0.2, 0.25) is 0 Å². The third-order valence-corrected chi connectivity index (χ3v) is 2.71. The lowest BCUT2D eigenvalue weighted by atomic mass is 10.2. The molecule has 2 aromatic rings. The molecule has 0 unspecified atom stereocenters. The summed E-state index contributed by atoms with van der Waals surface area (Å²) in [4.78, 5) is 36.6. The fraction of sp³-hybridized carbons (Fsp3) is 0.250. The molecule has 1 aromatic carbocycles. The second kappa shape index (κ2) is 5.57. The van der Waals surface area contributed by atoms with Gasteiger partial charge in [0.05, 0.1) is 16.6 Å². The van der Waals surface area contributed by atoms with Crippen molar-refractivity contribution in [3.05, 3.63) is 34.2 Å². The molecule has 2 rings (SSSR count). The van der Waals surface area contributed by atoms with E-state index in [2.05, 4.69) is 4.98 Å². The van der Waals surface area contributed by atoms with E-state index >= 15 is 0 Å². The van der Waals surface area contributed by atoms with Crippen LogP contribution in [0.1, 0.15) is 10.4 Å². The van der Waals surface area contributed by atoms with Gasteiger partial charge >= 0.3 is 11.7 Å². The van der Waals surface area contributed by atoms with Crippen LogP contribution < -0.4 is 17.2 Å². The molecule has 5 N–H and O–H groups in total. The highest BCUT2D eigenvalue weighted by Crippen LogP contribution is 2.13. The Kier molecular flexibility index (Phi) is 3.85. The molecule has 0 aliphatic rings. The van der Waals surface area contributed by atoms with Gasteiger partial charge in [0.1, 0.15) is 0 Å². The Morgan fingerprint density at radius 3 is 2.75 bits per heavy atom. The van der Waals surface area contributed by atoms with E-state index in [-0.39, 0.29) is 11.3 Å². The van der Waals surface area contributed by atoms with Crippen molar-refractivity contribution in [1.82, 2.24) is 9.55 Å². The van der Waals surface area contributed by atoms with Crippen LogP contribution in [0.3, 0.4) is 0 Å². The first-order valence-electron chi connectivity index (χ1n) is 5.91. The number of ether oxygens (including phenoxy) is 1. The van der Waals surface area contributed by atoms with Crippen molar-refractivity contribution in [3.8, 4) is 0 Å². The Balaban J connectivity index is 2.36. The van der Waals surface area contributed by atoms with Crippen LogP contribution in [0.4, 0.5) is 0 Å². The molecule has 0 aliphatic carbocycles. The first-order chi connectivity index (χ1) is 9.52. The van der Waals surface area contributed by atoms with Crippen LogP contribution in [-0.4, -0.2) is 34.6 Å². The predicted octanol–water partition coefficient (Wildman–Crippen LogP) is -1.07. The number of amides is 1. The van der Waals surface area contributed by atoms with Crippen LogP contribution in [0.5, 0.6) is 0 Å². The van der Waals surface area contributed by atoms with E-state index in [9.17, 15) is 14.4 Å². The van der Waals surface area contributed by atoms with Crippen LogP contribution in [0.25, 0.3) is 11.0 Å². The summed E-state index contributed by atoms with van der Waals surface area (Å²) in [7, 11) is 0. The Labute approximate surface area is 113 Å². The number of H-pyrrole nitrogens is 1. The number of carbonyl (C=O) groups excluding carboxylic acids is 2. The van der Waals surface area contributed by atoms with Crippen molar-refractivity contribution in [3.63, 3.8) is 0 Å². The lowest BCUT2D eigenvalue weighted by Crippen LogP contribution is -2.22. The molecule has 0 fully saturated rings. The maximum atomic E-state index is 11.7. The second-order valence-electron chi connectivity index (χ2n) is 4.14. The summed E-state index contributed by atoms with van der Waals surface area (Å²) >= 11 is 0. The Bertz CT molecular complexity index is 716. The van der Waals surface area contributed by atoms with E-state index in [1.54, 1.807) is 6.07 Å². The predicted molar refractivity (Wildman–Crippen MR) is 71.1 cm³/mol. The second-order valence-corrected chi connectivity index (χ2v) is 4.14. The maximum absolute atomic E-state index is 11.7. The molecule has 1 aromatic heterocycles. The average Bonchev–Trinajstić information content (AvgIpc) is 2.72. The van der Waals surface area contributed by atoms with E-state index in [4.69, 9.17) is 16.2 Å². The number of aromatic nitrogens is 2. The zero-order valence-electron chi connectivity index (χ0n) is 10.6. The molecular weight excluding hydrogens is 264 g/mol. The Morgan fingerprint density at radius 1 is 1.35 bits per heavy atom. The third-order valence-electron chi connectivity index (χ3n) is 2.71. The SMILES string of the molecule is NCCn1c(=O)[nH]c2ccc(C(=O)OCC(N)=O)cc21. The highest BCUT2D eigenvalue weighted by Gasteiger charge is 2.12. The van der Waals surface area contributed by atoms with Gasteiger partial charge in [0, 0.05) is 13.1 Å². The molecule has 0 bridgehead atoms. The van der Waals surface area contributed by atoms with Gasteiger partial charge in [0.2, 0.25) is 0 Å². The molecule has 8 heteroatoms. The lowest BCUT2D eigenvalue weighted by molar-refractivity contribution is -0.121. The summed E-state index contributed by atoms with van der Waals surface area (Å²) in [5, 5.41) is 0. The quantitative estimate of drug-likeness (QED) is 0.599. The average molecular weight is 278 g/mol. The van der Waals surface area contributed by atoms with Crippen molar-refractivity contribution in [2.75, 3.05) is 13.2 Å². The summed E-state index contributed by atoms with van der Waals surface area (Å²) < 4.78 is 6.14. The van der Waals surface area contributed by atoms with Crippen LogP contribution >= 0.6 is 0 Å². The number of nitrogens with one attached hydrogen (secondary N) is 1. The molecule has 1 heterocycles. The number of esters is 1. The Hall–Kier alpha value is -2.61. The number of fused-ring (bicyclic) bond motifs is 1. The van der Waals surface area contributed by atoms with E-state index < -0.39 is 18.5 Å². The largest absolute Gasteiger partial charge is 0.452 e. The fourth-order valence-corrected chi connectivity index (χ4v) is 1.85. The van der Waals surface area contributed by atoms with Gasteiger partial charge in [-0.1, -0.05) is 0 Å². The molecule has 20 heavy (non-hydrogen) atoms. The maximum Gasteiger partial charge on any atom is 0.338 e. The van der Waals surface area contributed by atoms with Gasteiger partial charge in [-0.2, -0.15) is 0 Å². The zero-order chi connectivity index (χ0) is 14.7. The summed E-state index contributed by atoms with van der Waals surface area (Å²) in [6, 6.07) is 4.59. The van der Waals surface area contributed by atoms with Crippen molar-refractivity contribution in [1.29, 1.82) is 0 Å². The monoisotopic (exact) mass is 278 g/mol. The number of imidazole rings is 1. The molecule has 106 valence electrons. The molecule has 0 spiro atoms. The molecule has 0 radical (unpaired) electrons. The normalized spacial score (nSPS) is 10.7. The minimum atomic E-state index is -0.735. The fourth-order valence-electron chi connectivity index (χ4n) is 1.85. The highest BCUT2D eigenvalue weighted by atomic mass is 16.5. The van der Waals surface area contributed by atoms with Crippen LogP contribution in [-0.2, 0) is 16.1 Å². The van der Waals surface area contributed by atoms with E-state index in [1.165, 1.54) is 16.7 Å². The van der Waals surface area contributed by atoms with E-state index in [1.807, 2.05) is 0 Å². The summed E-state index contributed by atoms with van der Waals surface area (Å²) in [6.45, 7) is 0.140. The minimum Gasteiger partial charge on any atom is -0.452 e. The topological polar surface area (TPSA) is 133 Å². The number of carbonyl (C=O) groups is 2. The summed E-state index contributed by atoms with van der Waals surface area (Å²) in [6.07, 6.45) is 0. The third kappa shape index (κ3) is 2.69. The molecular formula is C12H14N4O4. The number of hydrogen-bond donors (Lipinski definition) is 3. The molecule has 0 aliphatic heterocycles. The lowest BCUT2D eigenvalue weighted by Gasteiger charge is -2.04. The van der Waals surface area contributed by atoms with Gasteiger partial charge in [-0.25, -0.2) is 9.59 Å². The standard InChI is InChI=1S/C12H14N4O4/c13-3-4-16-9-5-7(11(18)20-6-10(14)17)1-2-8(9)15-12(16)19/h1-2,5H,3-4,6,13H2,(H2,14,17)(H,15,19). The number of rotatable bonds is 5. The number of hydrogen-bond acceptors (Lipinski definition) is 5. The highest BCUT2D eigenvalue weighted by molar-refractivity contribution is 5.94. The number of aromatic amines is 1. The van der Waals surface area contributed by atoms with Crippen LogP contribution in [0, 0.1) is 0 Å². The molecule has 8 nitrogen and oxygen atoms in total. The summed E-state index contributed by atoms with van der Waals surface area (Å²) in [5.74, 6) is -1.42. The number of primary amides is 1. The minimum absolute atomic E-state index is 0.225. The smallest absolute Gasteiger partial charge is 0.338 e. The molecule has 0 saturated heterocycles. The number of benzene rings is 1. The van der Waals surface area contributed by atoms with Gasteiger partial charge in [-0.05, 0) is 18.2 Å².